The van der Waals surface area contributed by atoms with Crippen LogP contribution in [0.1, 0.15) is 31.2 Å². The Balaban J connectivity index is 1.63. The van der Waals surface area contributed by atoms with E-state index in [2.05, 4.69) is 25.9 Å². The van der Waals surface area contributed by atoms with Crippen molar-refractivity contribution in [1.29, 1.82) is 0 Å². The number of anilines is 2. The Labute approximate surface area is 169 Å². The summed E-state index contributed by atoms with van der Waals surface area (Å²) in [4.78, 5) is 12.3. The van der Waals surface area contributed by atoms with Gasteiger partial charge in [-0.05, 0) is 37.1 Å². The van der Waals surface area contributed by atoms with Crippen LogP contribution in [0, 0.1) is 0 Å². The van der Waals surface area contributed by atoms with Crippen LogP contribution in [0.4, 0.5) is 24.7 Å². The monoisotopic (exact) mass is 420 g/mol. The smallest absolute Gasteiger partial charge is 0.416 e. The Hall–Kier alpha value is -3.37. The van der Waals surface area contributed by atoms with Gasteiger partial charge in [-0.3, -0.25) is 9.48 Å². The zero-order chi connectivity index (χ0) is 21.5. The number of alkyl halides is 3. The van der Waals surface area contributed by atoms with Crippen LogP contribution in [-0.2, 0) is 23.4 Å². The minimum Gasteiger partial charge on any atom is -0.419 e. The fourth-order valence-corrected chi connectivity index (χ4v) is 3.51. The van der Waals surface area contributed by atoms with Crippen molar-refractivity contribution in [3.05, 3.63) is 41.9 Å². The summed E-state index contributed by atoms with van der Waals surface area (Å²) in [6.07, 6.45) is -1.68. The lowest BCUT2D eigenvalue weighted by Crippen LogP contribution is -2.35. The molecule has 158 valence electrons. The van der Waals surface area contributed by atoms with E-state index in [0.29, 0.717) is 36.5 Å². The number of benzene rings is 1. The van der Waals surface area contributed by atoms with Crippen LogP contribution in [0.25, 0.3) is 11.5 Å². The molecular formula is C19H19F3N6O2. The second kappa shape index (κ2) is 7.15. The fraction of sp³-hybridized carbons (Fsp3) is 0.368. The van der Waals surface area contributed by atoms with Gasteiger partial charge in [0.15, 0.2) is 5.82 Å². The van der Waals surface area contributed by atoms with Gasteiger partial charge in [-0.15, -0.1) is 10.2 Å². The molecule has 1 amide bonds. The summed E-state index contributed by atoms with van der Waals surface area (Å²) < 4.78 is 45.7. The SMILES string of the molecule is CCC1(c2nnc(-c3cn(C)nc3Nc3ccc(C(F)(F)F)cc3)o2)CCNC1=O. The van der Waals surface area contributed by atoms with E-state index in [-0.39, 0.29) is 17.7 Å². The van der Waals surface area contributed by atoms with Gasteiger partial charge in [0, 0.05) is 25.5 Å². The first kappa shape index (κ1) is 19.9. The Morgan fingerprint density at radius 3 is 2.60 bits per heavy atom. The average molecular weight is 420 g/mol. The van der Waals surface area contributed by atoms with E-state index in [9.17, 15) is 18.0 Å². The third kappa shape index (κ3) is 3.40. The van der Waals surface area contributed by atoms with E-state index in [0.717, 1.165) is 12.1 Å². The number of hydrogen-bond donors (Lipinski definition) is 2. The predicted molar refractivity (Wildman–Crippen MR) is 101 cm³/mol. The first-order chi connectivity index (χ1) is 14.2. The molecule has 1 atom stereocenters. The number of carbonyl (C=O) groups is 1. The van der Waals surface area contributed by atoms with E-state index in [1.807, 2.05) is 6.92 Å². The molecule has 1 unspecified atom stereocenters. The van der Waals surface area contributed by atoms with Gasteiger partial charge in [0.05, 0.1) is 5.56 Å². The molecule has 1 saturated heterocycles. The quantitative estimate of drug-likeness (QED) is 0.657. The number of nitrogens with zero attached hydrogens (tertiary/aromatic N) is 4. The van der Waals surface area contributed by atoms with Crippen LogP contribution in [0.3, 0.4) is 0 Å². The van der Waals surface area contributed by atoms with Crippen LogP contribution in [-0.4, -0.2) is 32.4 Å². The molecule has 3 aromatic rings. The van der Waals surface area contributed by atoms with E-state index in [4.69, 9.17) is 4.42 Å². The number of amides is 1. The number of rotatable bonds is 5. The molecule has 1 aromatic carbocycles. The summed E-state index contributed by atoms with van der Waals surface area (Å²) in [6.45, 7) is 2.43. The highest BCUT2D eigenvalue weighted by atomic mass is 19.4. The van der Waals surface area contributed by atoms with Gasteiger partial charge in [-0.25, -0.2) is 0 Å². The Morgan fingerprint density at radius 1 is 1.27 bits per heavy atom. The molecule has 0 bridgehead atoms. The summed E-state index contributed by atoms with van der Waals surface area (Å²) in [5.41, 5.74) is -0.701. The van der Waals surface area contributed by atoms with Gasteiger partial charge in [0.25, 0.3) is 5.89 Å². The normalized spacial score (nSPS) is 19.2. The zero-order valence-electron chi connectivity index (χ0n) is 16.2. The maximum absolute atomic E-state index is 12.8. The van der Waals surface area contributed by atoms with Crippen LogP contribution in [0.15, 0.2) is 34.9 Å². The van der Waals surface area contributed by atoms with Crippen LogP contribution in [0.5, 0.6) is 0 Å². The van der Waals surface area contributed by atoms with Crippen molar-refractivity contribution < 1.29 is 22.4 Å². The molecule has 1 aliphatic rings. The second-order valence-electron chi connectivity index (χ2n) is 7.12. The molecule has 1 aliphatic heterocycles. The van der Waals surface area contributed by atoms with E-state index in [1.54, 1.807) is 13.2 Å². The van der Waals surface area contributed by atoms with Gasteiger partial charge in [-0.1, -0.05) is 6.92 Å². The minimum atomic E-state index is -4.41. The van der Waals surface area contributed by atoms with E-state index in [1.165, 1.54) is 16.8 Å². The summed E-state index contributed by atoms with van der Waals surface area (Å²) >= 11 is 0. The molecule has 2 aromatic heterocycles. The Bertz CT molecular complexity index is 1070. The van der Waals surface area contributed by atoms with Crippen molar-refractivity contribution in [3.63, 3.8) is 0 Å². The maximum atomic E-state index is 12.8. The lowest BCUT2D eigenvalue weighted by Gasteiger charge is -2.18. The summed E-state index contributed by atoms with van der Waals surface area (Å²) in [5.74, 6) is 0.600. The van der Waals surface area contributed by atoms with Crippen molar-refractivity contribution in [2.75, 3.05) is 11.9 Å². The highest BCUT2D eigenvalue weighted by Crippen LogP contribution is 2.37. The molecule has 0 saturated carbocycles. The van der Waals surface area contributed by atoms with Crippen molar-refractivity contribution in [2.45, 2.75) is 31.4 Å². The predicted octanol–water partition coefficient (Wildman–Crippen LogP) is 3.40. The molecule has 8 nitrogen and oxygen atoms in total. The van der Waals surface area contributed by atoms with Crippen LogP contribution in [0.2, 0.25) is 0 Å². The van der Waals surface area contributed by atoms with Crippen molar-refractivity contribution in [3.8, 4) is 11.5 Å². The average Bonchev–Trinajstić information content (AvgIpc) is 3.40. The molecule has 11 heteroatoms. The number of halogens is 3. The Morgan fingerprint density at radius 2 is 2.00 bits per heavy atom. The van der Waals surface area contributed by atoms with Crippen molar-refractivity contribution >= 4 is 17.4 Å². The molecule has 30 heavy (non-hydrogen) atoms. The van der Waals surface area contributed by atoms with Gasteiger partial charge in [0.1, 0.15) is 11.0 Å². The first-order valence-corrected chi connectivity index (χ1v) is 9.33. The third-order valence-electron chi connectivity index (χ3n) is 5.24. The van der Waals surface area contributed by atoms with E-state index < -0.39 is 17.2 Å². The van der Waals surface area contributed by atoms with Crippen LogP contribution >= 0.6 is 0 Å². The number of nitrogens with one attached hydrogen (secondary N) is 2. The lowest BCUT2D eigenvalue weighted by atomic mass is 9.83. The lowest BCUT2D eigenvalue weighted by molar-refractivity contribution is -0.137. The largest absolute Gasteiger partial charge is 0.419 e. The third-order valence-corrected chi connectivity index (χ3v) is 5.24. The second-order valence-corrected chi connectivity index (χ2v) is 7.12. The number of carbonyl (C=O) groups excluding carboxylic acids is 1. The fourth-order valence-electron chi connectivity index (χ4n) is 3.51. The zero-order valence-corrected chi connectivity index (χ0v) is 16.2. The summed E-state index contributed by atoms with van der Waals surface area (Å²) in [5, 5.41) is 18.2. The summed E-state index contributed by atoms with van der Waals surface area (Å²) in [7, 11) is 1.69. The molecule has 3 heterocycles. The van der Waals surface area contributed by atoms with Gasteiger partial charge in [-0.2, -0.15) is 18.3 Å². The molecule has 4 rings (SSSR count). The van der Waals surface area contributed by atoms with Crippen molar-refractivity contribution in [1.82, 2.24) is 25.3 Å². The first-order valence-electron chi connectivity index (χ1n) is 9.33. The number of aromatic nitrogens is 4. The standard InChI is InChI=1S/C19H19F3N6O2/c1-3-18(8-9-23-16(18)29)17-26-25-15(30-17)13-10-28(2)27-14(13)24-12-6-4-11(5-7-12)19(20,21)22/h4-7,10H,3,8-9H2,1-2H3,(H,23,29)(H,24,27). The topological polar surface area (TPSA) is 97.9 Å². The van der Waals surface area contributed by atoms with Gasteiger partial charge in [0.2, 0.25) is 11.8 Å². The molecule has 0 aliphatic carbocycles. The molecular weight excluding hydrogens is 401 g/mol. The van der Waals surface area contributed by atoms with Crippen LogP contribution < -0.4 is 10.6 Å². The van der Waals surface area contributed by atoms with E-state index >= 15 is 0 Å². The highest BCUT2D eigenvalue weighted by molar-refractivity contribution is 5.89. The molecule has 1 fully saturated rings. The highest BCUT2D eigenvalue weighted by Gasteiger charge is 2.47. The molecule has 0 spiro atoms. The number of aryl methyl sites for hydroxylation is 1. The van der Waals surface area contributed by atoms with Gasteiger partial charge < -0.3 is 15.1 Å². The summed E-state index contributed by atoms with van der Waals surface area (Å²) in [6, 6.07) is 4.60. The molecule has 2 N–H and O–H groups in total. The minimum absolute atomic E-state index is 0.144. The maximum Gasteiger partial charge on any atom is 0.416 e. The van der Waals surface area contributed by atoms with Gasteiger partial charge >= 0.3 is 6.18 Å². The number of hydrogen-bond acceptors (Lipinski definition) is 6. The van der Waals surface area contributed by atoms with Crippen molar-refractivity contribution in [2.24, 2.45) is 7.05 Å². The molecule has 0 radical (unpaired) electrons. The Kier molecular flexibility index (Phi) is 4.75.